The van der Waals surface area contributed by atoms with Gasteiger partial charge in [0.05, 0.1) is 16.5 Å². The largest absolute Gasteiger partial charge is 0.369 e. The van der Waals surface area contributed by atoms with Crippen LogP contribution in [-0.4, -0.2) is 29.2 Å². The first-order chi connectivity index (χ1) is 9.89. The molecule has 3 rings (SSSR count). The lowest BCUT2D eigenvalue weighted by molar-refractivity contribution is 0.602. The zero-order chi connectivity index (χ0) is 15.2. The number of para-hydroxylation sites is 1. The van der Waals surface area contributed by atoms with E-state index in [1.807, 2.05) is 22.9 Å². The van der Waals surface area contributed by atoms with Gasteiger partial charge in [0.1, 0.15) is 10.5 Å². The van der Waals surface area contributed by atoms with E-state index < -0.39 is 9.84 Å². The Bertz CT molecular complexity index is 898. The van der Waals surface area contributed by atoms with Gasteiger partial charge < -0.3 is 10.3 Å². The summed E-state index contributed by atoms with van der Waals surface area (Å²) < 4.78 is 25.5. The lowest BCUT2D eigenvalue weighted by atomic mass is 10.3. The van der Waals surface area contributed by atoms with Crippen molar-refractivity contribution in [2.75, 3.05) is 12.0 Å². The number of hydrogen-bond donors (Lipinski definition) is 1. The number of nitrogens with zero attached hydrogens (tertiary/aromatic N) is 3. The number of rotatable bonds is 3. The smallest absolute Gasteiger partial charge is 0.201 e. The number of benzene rings is 1. The molecule has 0 aliphatic rings. The molecule has 0 radical (unpaired) electrons. The fourth-order valence-corrected chi connectivity index (χ4v) is 3.88. The van der Waals surface area contributed by atoms with Crippen LogP contribution in [0.2, 0.25) is 0 Å². The highest BCUT2D eigenvalue weighted by Crippen LogP contribution is 2.31. The van der Waals surface area contributed by atoms with Crippen LogP contribution in [0.5, 0.6) is 0 Å². The van der Waals surface area contributed by atoms with Gasteiger partial charge in [-0.2, -0.15) is 0 Å². The van der Waals surface area contributed by atoms with E-state index in [0.29, 0.717) is 11.0 Å². The molecule has 1 aromatic carbocycles. The first-order valence-corrected chi connectivity index (χ1v) is 9.02. The summed E-state index contributed by atoms with van der Waals surface area (Å²) in [6.07, 6.45) is 2.90. The normalized spacial score (nSPS) is 13.6. The van der Waals surface area contributed by atoms with Crippen molar-refractivity contribution in [1.29, 1.82) is 0 Å². The molecule has 2 heterocycles. The molecule has 8 heteroatoms. The maximum Gasteiger partial charge on any atom is 0.201 e. The highest BCUT2D eigenvalue weighted by molar-refractivity contribution is 7.91. The van der Waals surface area contributed by atoms with Crippen LogP contribution in [0.3, 0.4) is 0 Å². The highest BCUT2D eigenvalue weighted by Gasteiger charge is 2.21. The lowest BCUT2D eigenvalue weighted by Gasteiger charge is -2.13. The molecule has 0 aliphatic heterocycles. The molecule has 2 aromatic heterocycles. The average molecular weight is 322 g/mol. The molecule has 0 saturated carbocycles. The Hall–Kier alpha value is -1.93. The van der Waals surface area contributed by atoms with Gasteiger partial charge in [-0.1, -0.05) is 6.07 Å². The molecule has 1 unspecified atom stereocenters. The Labute approximate surface area is 126 Å². The zero-order valence-electron chi connectivity index (χ0n) is 11.5. The fraction of sp³-hybridized carbons (Fsp3) is 0.231. The van der Waals surface area contributed by atoms with E-state index in [1.165, 1.54) is 17.6 Å². The molecular formula is C13H14N4O2S2. The van der Waals surface area contributed by atoms with E-state index in [2.05, 4.69) is 9.97 Å². The third kappa shape index (κ3) is 2.30. The summed E-state index contributed by atoms with van der Waals surface area (Å²) in [4.78, 5) is 8.73. The quantitative estimate of drug-likeness (QED) is 0.797. The summed E-state index contributed by atoms with van der Waals surface area (Å²) in [6, 6.07) is 4.95. The van der Waals surface area contributed by atoms with E-state index in [9.17, 15) is 8.42 Å². The maximum atomic E-state index is 11.9. The Morgan fingerprint density at radius 3 is 2.76 bits per heavy atom. The zero-order valence-corrected chi connectivity index (χ0v) is 13.1. The van der Waals surface area contributed by atoms with Gasteiger partial charge in [-0.05, 0) is 19.1 Å². The minimum absolute atomic E-state index is 0.107. The van der Waals surface area contributed by atoms with E-state index in [1.54, 1.807) is 18.3 Å². The third-order valence-corrected chi connectivity index (χ3v) is 5.38. The van der Waals surface area contributed by atoms with E-state index in [-0.39, 0.29) is 16.9 Å². The molecular weight excluding hydrogens is 308 g/mol. The summed E-state index contributed by atoms with van der Waals surface area (Å²) in [6.45, 7) is 1.96. The van der Waals surface area contributed by atoms with Crippen LogP contribution in [-0.2, 0) is 9.84 Å². The second-order valence-corrected chi connectivity index (χ2v) is 7.69. The molecule has 21 heavy (non-hydrogen) atoms. The summed E-state index contributed by atoms with van der Waals surface area (Å²) >= 11 is 1.52. The molecule has 0 saturated heterocycles. The van der Waals surface area contributed by atoms with Gasteiger partial charge in [0.15, 0.2) is 9.84 Å². The summed E-state index contributed by atoms with van der Waals surface area (Å²) in [5, 5.41) is 2.79. The number of fused-ring (bicyclic) bond motifs is 1. The number of anilines is 1. The van der Waals surface area contributed by atoms with Crippen molar-refractivity contribution >= 4 is 38.2 Å². The molecule has 1 atom stereocenters. The Morgan fingerprint density at radius 2 is 2.14 bits per heavy atom. The van der Waals surface area contributed by atoms with Crippen molar-refractivity contribution in [2.24, 2.45) is 0 Å². The molecule has 0 bridgehead atoms. The number of aromatic nitrogens is 3. The molecule has 0 amide bonds. The number of sulfone groups is 1. The average Bonchev–Trinajstić information content (AvgIpc) is 3.02. The molecule has 6 nitrogen and oxygen atoms in total. The van der Waals surface area contributed by atoms with Crippen molar-refractivity contribution in [3.05, 3.63) is 34.8 Å². The summed E-state index contributed by atoms with van der Waals surface area (Å²) in [5.41, 5.74) is 7.10. The molecule has 0 aliphatic carbocycles. The summed E-state index contributed by atoms with van der Waals surface area (Å²) in [7, 11) is -3.36. The van der Waals surface area contributed by atoms with Crippen LogP contribution in [0.15, 0.2) is 34.7 Å². The van der Waals surface area contributed by atoms with Crippen LogP contribution >= 0.6 is 11.3 Å². The number of nitrogen functional groups attached to an aromatic ring is 1. The predicted molar refractivity (Wildman–Crippen MR) is 83.2 cm³/mol. The van der Waals surface area contributed by atoms with Crippen LogP contribution in [0.25, 0.3) is 11.0 Å². The van der Waals surface area contributed by atoms with E-state index in [4.69, 9.17) is 5.73 Å². The number of thiazole rings is 1. The van der Waals surface area contributed by atoms with Gasteiger partial charge >= 0.3 is 0 Å². The lowest BCUT2D eigenvalue weighted by Crippen LogP contribution is -2.09. The van der Waals surface area contributed by atoms with Gasteiger partial charge in [0, 0.05) is 17.8 Å². The van der Waals surface area contributed by atoms with Gasteiger partial charge in [-0.3, -0.25) is 0 Å². The van der Waals surface area contributed by atoms with Crippen molar-refractivity contribution in [2.45, 2.75) is 17.9 Å². The monoisotopic (exact) mass is 322 g/mol. The Morgan fingerprint density at radius 1 is 1.38 bits per heavy atom. The van der Waals surface area contributed by atoms with Crippen LogP contribution in [0.1, 0.15) is 18.0 Å². The third-order valence-electron chi connectivity index (χ3n) is 3.31. The number of nitrogens with two attached hydrogens (primary N) is 1. The maximum absolute atomic E-state index is 11.9. The number of hydrogen-bond acceptors (Lipinski definition) is 6. The Balaban J connectivity index is 2.28. The van der Waals surface area contributed by atoms with Gasteiger partial charge in [0.25, 0.3) is 0 Å². The van der Waals surface area contributed by atoms with Crippen LogP contribution in [0.4, 0.5) is 5.95 Å². The second kappa shape index (κ2) is 4.81. The fourth-order valence-electron chi connectivity index (χ4n) is 2.37. The molecule has 110 valence electrons. The minimum atomic E-state index is -3.36. The first kappa shape index (κ1) is 14.0. The summed E-state index contributed by atoms with van der Waals surface area (Å²) in [5.74, 6) is 0.281. The molecule has 3 aromatic rings. The van der Waals surface area contributed by atoms with Crippen molar-refractivity contribution in [1.82, 2.24) is 14.5 Å². The molecule has 0 fully saturated rings. The van der Waals surface area contributed by atoms with Gasteiger partial charge in [0.2, 0.25) is 5.95 Å². The van der Waals surface area contributed by atoms with E-state index >= 15 is 0 Å². The standard InChI is InChI=1S/C13H14N4O2S2/c1-8(12-15-6-7-20-12)17-9-4-3-5-10(21(2,18)19)11(9)16-13(17)14/h3-8H,1-2H3,(H2,14,16). The van der Waals surface area contributed by atoms with Crippen molar-refractivity contribution in [3.63, 3.8) is 0 Å². The highest BCUT2D eigenvalue weighted by atomic mass is 32.2. The van der Waals surface area contributed by atoms with Gasteiger partial charge in [-0.25, -0.2) is 18.4 Å². The first-order valence-electron chi connectivity index (χ1n) is 6.25. The minimum Gasteiger partial charge on any atom is -0.369 e. The molecule has 2 N–H and O–H groups in total. The second-order valence-electron chi connectivity index (χ2n) is 4.78. The van der Waals surface area contributed by atoms with Crippen LogP contribution in [0, 0.1) is 0 Å². The van der Waals surface area contributed by atoms with Crippen molar-refractivity contribution < 1.29 is 8.42 Å². The van der Waals surface area contributed by atoms with Crippen LogP contribution < -0.4 is 5.73 Å². The van der Waals surface area contributed by atoms with E-state index in [0.717, 1.165) is 5.01 Å². The predicted octanol–water partition coefficient (Wildman–Crippen LogP) is 2.09. The SMILES string of the molecule is CC(c1nccs1)n1c(N)nc2c(S(C)(=O)=O)cccc21. The Kier molecular flexibility index (Phi) is 3.22. The molecule has 0 spiro atoms. The van der Waals surface area contributed by atoms with Gasteiger partial charge in [-0.15, -0.1) is 11.3 Å². The number of imidazole rings is 1. The topological polar surface area (TPSA) is 90.9 Å². The van der Waals surface area contributed by atoms with Crippen molar-refractivity contribution in [3.8, 4) is 0 Å².